The topological polar surface area (TPSA) is 94.0 Å². The Hall–Kier alpha value is -2.94. The minimum Gasteiger partial charge on any atom is -0.324 e. The summed E-state index contributed by atoms with van der Waals surface area (Å²) in [6, 6.07) is 13.0. The summed E-state index contributed by atoms with van der Waals surface area (Å²) in [4.78, 5) is 21.9. The van der Waals surface area contributed by atoms with Crippen molar-refractivity contribution < 1.29 is 8.42 Å². The molecule has 0 unspecified atom stereocenters. The van der Waals surface area contributed by atoms with Crippen LogP contribution >= 0.6 is 23.2 Å². The number of hydrogen-bond acceptors (Lipinski definition) is 6. The van der Waals surface area contributed by atoms with Gasteiger partial charge < -0.3 is 5.32 Å². The van der Waals surface area contributed by atoms with Crippen molar-refractivity contribution in [3.63, 3.8) is 0 Å². The predicted molar refractivity (Wildman–Crippen MR) is 123 cm³/mol. The quantitative estimate of drug-likeness (QED) is 0.469. The predicted octanol–water partition coefficient (Wildman–Crippen LogP) is 4.45. The molecule has 4 aromatic rings. The number of aryl methyl sites for hydroxylation is 1. The molecule has 158 valence electrons. The van der Waals surface area contributed by atoms with Crippen molar-refractivity contribution in [2.45, 2.75) is 4.90 Å². The van der Waals surface area contributed by atoms with Crippen LogP contribution in [0.15, 0.2) is 64.4 Å². The Morgan fingerprint density at radius 3 is 2.39 bits per heavy atom. The number of halogens is 2. The Balaban J connectivity index is 1.80. The summed E-state index contributed by atoms with van der Waals surface area (Å²) in [6.07, 6.45) is 2.70. The molecule has 10 heteroatoms. The molecular formula is C21H16Cl2N4O3S. The Labute approximate surface area is 188 Å². The highest BCUT2D eigenvalue weighted by atomic mass is 35.5. The smallest absolute Gasteiger partial charge is 0.259 e. The zero-order chi connectivity index (χ0) is 22.3. The standard InChI is InChI=1S/C21H16Cl2N4O3S/c1-27-19-12(9-15(20(27)28)18-16(22)7-4-8-17(18)23)11-24-21(26-19)25-13-5-3-6-14(10-13)31(2,29)30/h3-11H,1-2H3,(H,24,25,26). The first-order valence-corrected chi connectivity index (χ1v) is 11.7. The maximum atomic E-state index is 13.0. The number of aromatic nitrogens is 3. The van der Waals surface area contributed by atoms with Gasteiger partial charge in [-0.15, -0.1) is 0 Å². The largest absolute Gasteiger partial charge is 0.324 e. The first-order chi connectivity index (χ1) is 14.6. The van der Waals surface area contributed by atoms with Crippen LogP contribution in [0.4, 0.5) is 11.6 Å². The maximum absolute atomic E-state index is 13.0. The second kappa shape index (κ2) is 7.96. The molecule has 1 N–H and O–H groups in total. The fraction of sp³-hybridized carbons (Fsp3) is 0.0952. The van der Waals surface area contributed by atoms with Crippen molar-refractivity contribution in [2.75, 3.05) is 11.6 Å². The molecule has 31 heavy (non-hydrogen) atoms. The van der Waals surface area contributed by atoms with Crippen molar-refractivity contribution in [3.05, 3.63) is 75.1 Å². The average molecular weight is 475 g/mol. The third-order valence-electron chi connectivity index (χ3n) is 4.70. The van der Waals surface area contributed by atoms with E-state index in [0.29, 0.717) is 37.9 Å². The van der Waals surface area contributed by atoms with Gasteiger partial charge >= 0.3 is 0 Å². The molecule has 2 heterocycles. The zero-order valence-corrected chi connectivity index (χ0v) is 18.8. The molecule has 0 aliphatic rings. The summed E-state index contributed by atoms with van der Waals surface area (Å²) in [5, 5.41) is 4.33. The molecule has 0 amide bonds. The van der Waals surface area contributed by atoms with Gasteiger partial charge in [0.25, 0.3) is 5.56 Å². The second-order valence-electron chi connectivity index (χ2n) is 6.92. The highest BCUT2D eigenvalue weighted by Crippen LogP contribution is 2.33. The molecule has 0 fully saturated rings. The van der Waals surface area contributed by atoms with E-state index in [1.165, 1.54) is 16.7 Å². The van der Waals surface area contributed by atoms with Crippen LogP contribution in [0, 0.1) is 0 Å². The van der Waals surface area contributed by atoms with E-state index < -0.39 is 9.84 Å². The van der Waals surface area contributed by atoms with E-state index in [9.17, 15) is 13.2 Å². The number of rotatable bonds is 4. The molecule has 0 radical (unpaired) electrons. The third kappa shape index (κ3) is 4.14. The van der Waals surface area contributed by atoms with Crippen molar-refractivity contribution >= 4 is 55.7 Å². The lowest BCUT2D eigenvalue weighted by molar-refractivity contribution is 0.602. The van der Waals surface area contributed by atoms with E-state index in [4.69, 9.17) is 23.2 Å². The SMILES string of the molecule is Cn1c(=O)c(-c2c(Cl)cccc2Cl)cc2cnc(Nc3cccc(S(C)(=O)=O)c3)nc21. The number of hydrogen-bond donors (Lipinski definition) is 1. The summed E-state index contributed by atoms with van der Waals surface area (Å²) < 4.78 is 24.9. The van der Waals surface area contributed by atoms with Crippen LogP contribution in [-0.4, -0.2) is 29.2 Å². The van der Waals surface area contributed by atoms with Crippen LogP contribution in [0.25, 0.3) is 22.2 Å². The minimum absolute atomic E-state index is 0.173. The Morgan fingerprint density at radius 1 is 1.03 bits per heavy atom. The van der Waals surface area contributed by atoms with E-state index in [1.807, 2.05) is 0 Å². The number of anilines is 2. The number of nitrogens with one attached hydrogen (secondary N) is 1. The normalized spacial score (nSPS) is 11.6. The van der Waals surface area contributed by atoms with E-state index in [0.717, 1.165) is 6.26 Å². The minimum atomic E-state index is -3.35. The highest BCUT2D eigenvalue weighted by molar-refractivity contribution is 7.90. The average Bonchev–Trinajstić information content (AvgIpc) is 2.71. The van der Waals surface area contributed by atoms with Crippen LogP contribution in [0.2, 0.25) is 10.0 Å². The zero-order valence-electron chi connectivity index (χ0n) is 16.4. The number of fused-ring (bicyclic) bond motifs is 1. The van der Waals surface area contributed by atoms with Gasteiger partial charge in [-0.2, -0.15) is 4.98 Å². The van der Waals surface area contributed by atoms with Gasteiger partial charge in [0, 0.05) is 36.1 Å². The van der Waals surface area contributed by atoms with Crippen LogP contribution in [0.3, 0.4) is 0 Å². The van der Waals surface area contributed by atoms with Gasteiger partial charge in [0.05, 0.1) is 20.5 Å². The maximum Gasteiger partial charge on any atom is 0.259 e. The summed E-state index contributed by atoms with van der Waals surface area (Å²) in [5.41, 5.74) is 1.38. The monoisotopic (exact) mass is 474 g/mol. The van der Waals surface area contributed by atoms with Gasteiger partial charge in [0.2, 0.25) is 5.95 Å². The van der Waals surface area contributed by atoms with Crippen LogP contribution in [-0.2, 0) is 16.9 Å². The summed E-state index contributed by atoms with van der Waals surface area (Å²) in [5.74, 6) is 0.219. The summed E-state index contributed by atoms with van der Waals surface area (Å²) >= 11 is 12.6. The molecule has 0 aliphatic carbocycles. The van der Waals surface area contributed by atoms with Gasteiger partial charge in [-0.25, -0.2) is 13.4 Å². The fourth-order valence-electron chi connectivity index (χ4n) is 3.17. The number of nitrogens with zero attached hydrogens (tertiary/aromatic N) is 3. The first-order valence-electron chi connectivity index (χ1n) is 9.03. The van der Waals surface area contributed by atoms with E-state index in [-0.39, 0.29) is 16.4 Å². The van der Waals surface area contributed by atoms with Crippen LogP contribution < -0.4 is 10.9 Å². The number of pyridine rings is 1. The lowest BCUT2D eigenvalue weighted by Crippen LogP contribution is -2.20. The van der Waals surface area contributed by atoms with Crippen molar-refractivity contribution in [2.24, 2.45) is 7.05 Å². The molecule has 0 saturated carbocycles. The molecule has 0 saturated heterocycles. The van der Waals surface area contributed by atoms with Gasteiger partial charge in [0.15, 0.2) is 9.84 Å². The van der Waals surface area contributed by atoms with Crippen LogP contribution in [0.5, 0.6) is 0 Å². The molecule has 4 rings (SSSR count). The molecule has 0 spiro atoms. The van der Waals surface area contributed by atoms with E-state index in [2.05, 4.69) is 15.3 Å². The molecule has 2 aromatic carbocycles. The molecule has 0 bridgehead atoms. The molecule has 2 aromatic heterocycles. The molecule has 7 nitrogen and oxygen atoms in total. The Kier molecular flexibility index (Phi) is 5.47. The number of sulfone groups is 1. The summed E-state index contributed by atoms with van der Waals surface area (Å²) in [6.45, 7) is 0. The lowest BCUT2D eigenvalue weighted by Gasteiger charge is -2.12. The van der Waals surface area contributed by atoms with Crippen LogP contribution in [0.1, 0.15) is 0 Å². The lowest BCUT2D eigenvalue weighted by atomic mass is 10.1. The van der Waals surface area contributed by atoms with Gasteiger partial charge in [-0.3, -0.25) is 9.36 Å². The van der Waals surface area contributed by atoms with Crippen molar-refractivity contribution in [3.8, 4) is 11.1 Å². The van der Waals surface area contributed by atoms with Gasteiger partial charge in [-0.1, -0.05) is 35.3 Å². The Morgan fingerprint density at radius 2 is 1.71 bits per heavy atom. The summed E-state index contributed by atoms with van der Waals surface area (Å²) in [7, 11) is -1.75. The fourth-order valence-corrected chi connectivity index (χ4v) is 4.44. The first kappa shape index (κ1) is 21.3. The number of benzene rings is 2. The van der Waals surface area contributed by atoms with Crippen molar-refractivity contribution in [1.82, 2.24) is 14.5 Å². The van der Waals surface area contributed by atoms with Crippen molar-refractivity contribution in [1.29, 1.82) is 0 Å². The van der Waals surface area contributed by atoms with E-state index >= 15 is 0 Å². The van der Waals surface area contributed by atoms with E-state index in [1.54, 1.807) is 49.6 Å². The van der Waals surface area contributed by atoms with Gasteiger partial charge in [-0.05, 0) is 36.4 Å². The van der Waals surface area contributed by atoms with Gasteiger partial charge in [0.1, 0.15) is 5.65 Å². The second-order valence-corrected chi connectivity index (χ2v) is 9.75. The highest BCUT2D eigenvalue weighted by Gasteiger charge is 2.16. The molecular weight excluding hydrogens is 459 g/mol. The molecule has 0 aliphatic heterocycles. The third-order valence-corrected chi connectivity index (χ3v) is 6.44. The molecule has 0 atom stereocenters. The Bertz CT molecular complexity index is 1480.